The number of hydrogen-bond donors (Lipinski definition) is 2. The zero-order chi connectivity index (χ0) is 14.7. The van der Waals surface area contributed by atoms with E-state index in [0.717, 1.165) is 5.56 Å². The number of carbonyl (C=O) groups is 2. The number of likely N-dealkylation sites (tertiary alicyclic amines) is 1. The molecule has 1 aromatic carbocycles. The molecule has 1 heterocycles. The molecule has 1 amide bonds. The van der Waals surface area contributed by atoms with Crippen molar-refractivity contribution < 1.29 is 14.7 Å². The zero-order valence-corrected chi connectivity index (χ0v) is 11.3. The summed E-state index contributed by atoms with van der Waals surface area (Å²) in [6, 6.07) is 6.95. The van der Waals surface area contributed by atoms with Crippen LogP contribution in [-0.4, -0.2) is 34.5 Å². The van der Waals surface area contributed by atoms with Crippen LogP contribution in [0.3, 0.4) is 0 Å². The highest BCUT2D eigenvalue weighted by atomic mass is 16.4. The fourth-order valence-electron chi connectivity index (χ4n) is 2.51. The smallest absolute Gasteiger partial charge is 0.308 e. The standard InChI is InChI=1S/C15H18N2O3/c1-10-13(15(19)20)7-8-17(10)14(18)6-5-11-3-2-4-12(16)9-11/h2-6,9-10,13H,7-8,16H2,1H3,(H,19,20)/b6-5+. The lowest BCUT2D eigenvalue weighted by Crippen LogP contribution is -2.36. The van der Waals surface area contributed by atoms with Crippen molar-refractivity contribution in [1.82, 2.24) is 4.90 Å². The van der Waals surface area contributed by atoms with E-state index in [1.165, 1.54) is 6.08 Å². The third kappa shape index (κ3) is 2.99. The number of aliphatic carboxylic acids is 1. The molecule has 1 fully saturated rings. The first kappa shape index (κ1) is 14.1. The highest BCUT2D eigenvalue weighted by Gasteiger charge is 2.37. The van der Waals surface area contributed by atoms with Gasteiger partial charge in [-0.1, -0.05) is 12.1 Å². The Labute approximate surface area is 117 Å². The number of carbonyl (C=O) groups excluding carboxylic acids is 1. The van der Waals surface area contributed by atoms with Crippen LogP contribution in [0.15, 0.2) is 30.3 Å². The normalized spacial score (nSPS) is 22.4. The lowest BCUT2D eigenvalue weighted by atomic mass is 10.0. The predicted molar refractivity (Wildman–Crippen MR) is 76.8 cm³/mol. The second-order valence-corrected chi connectivity index (χ2v) is 5.01. The Morgan fingerprint density at radius 1 is 1.45 bits per heavy atom. The summed E-state index contributed by atoms with van der Waals surface area (Å²) < 4.78 is 0. The molecule has 1 aliphatic heterocycles. The van der Waals surface area contributed by atoms with Gasteiger partial charge in [-0.15, -0.1) is 0 Å². The van der Waals surface area contributed by atoms with E-state index in [4.69, 9.17) is 10.8 Å². The average molecular weight is 274 g/mol. The molecule has 0 aromatic heterocycles. The van der Waals surface area contributed by atoms with E-state index in [1.54, 1.807) is 30.0 Å². The van der Waals surface area contributed by atoms with Gasteiger partial charge in [0.05, 0.1) is 5.92 Å². The van der Waals surface area contributed by atoms with Crippen LogP contribution >= 0.6 is 0 Å². The van der Waals surface area contributed by atoms with Crippen molar-refractivity contribution in [1.29, 1.82) is 0 Å². The first-order valence-electron chi connectivity index (χ1n) is 6.56. The number of anilines is 1. The predicted octanol–water partition coefficient (Wildman–Crippen LogP) is 1.60. The van der Waals surface area contributed by atoms with E-state index in [0.29, 0.717) is 18.7 Å². The van der Waals surface area contributed by atoms with Crippen molar-refractivity contribution in [3.05, 3.63) is 35.9 Å². The molecule has 0 bridgehead atoms. The lowest BCUT2D eigenvalue weighted by molar-refractivity contribution is -0.142. The second kappa shape index (κ2) is 5.77. The van der Waals surface area contributed by atoms with Gasteiger partial charge >= 0.3 is 5.97 Å². The van der Waals surface area contributed by atoms with Gasteiger partial charge < -0.3 is 15.7 Å². The maximum Gasteiger partial charge on any atom is 0.308 e. The molecule has 2 atom stereocenters. The molecule has 0 radical (unpaired) electrons. The van der Waals surface area contributed by atoms with Gasteiger partial charge in [-0.3, -0.25) is 9.59 Å². The van der Waals surface area contributed by atoms with Gasteiger partial charge in [-0.25, -0.2) is 0 Å². The van der Waals surface area contributed by atoms with E-state index >= 15 is 0 Å². The maximum absolute atomic E-state index is 12.1. The van der Waals surface area contributed by atoms with Gasteiger partial charge in [-0.05, 0) is 37.1 Å². The number of benzene rings is 1. The molecule has 1 aliphatic rings. The van der Waals surface area contributed by atoms with Gasteiger partial charge in [0, 0.05) is 24.4 Å². The minimum Gasteiger partial charge on any atom is -0.481 e. The summed E-state index contributed by atoms with van der Waals surface area (Å²) in [6.45, 7) is 2.26. The largest absolute Gasteiger partial charge is 0.481 e. The quantitative estimate of drug-likeness (QED) is 0.648. The Kier molecular flexibility index (Phi) is 4.08. The zero-order valence-electron chi connectivity index (χ0n) is 11.3. The van der Waals surface area contributed by atoms with Crippen molar-refractivity contribution in [3.8, 4) is 0 Å². The monoisotopic (exact) mass is 274 g/mol. The fraction of sp³-hybridized carbons (Fsp3) is 0.333. The van der Waals surface area contributed by atoms with Crippen molar-refractivity contribution in [3.63, 3.8) is 0 Å². The maximum atomic E-state index is 12.1. The number of amides is 1. The molecular weight excluding hydrogens is 256 g/mol. The molecule has 3 N–H and O–H groups in total. The van der Waals surface area contributed by atoms with Crippen molar-refractivity contribution in [2.45, 2.75) is 19.4 Å². The third-order valence-corrected chi connectivity index (χ3v) is 3.68. The van der Waals surface area contributed by atoms with E-state index in [2.05, 4.69) is 0 Å². The number of nitrogen functional groups attached to an aromatic ring is 1. The SMILES string of the molecule is CC1C(C(=O)O)CCN1C(=O)/C=C/c1cccc(N)c1. The summed E-state index contributed by atoms with van der Waals surface area (Å²) in [5, 5.41) is 9.05. The molecule has 2 rings (SSSR count). The van der Waals surface area contributed by atoms with Gasteiger partial charge in [0.1, 0.15) is 0 Å². The minimum atomic E-state index is -0.840. The summed E-state index contributed by atoms with van der Waals surface area (Å²) in [6.07, 6.45) is 3.67. The van der Waals surface area contributed by atoms with E-state index in [9.17, 15) is 9.59 Å². The summed E-state index contributed by atoms with van der Waals surface area (Å²) in [5.41, 5.74) is 7.15. The Balaban J connectivity index is 2.04. The molecule has 20 heavy (non-hydrogen) atoms. The molecule has 106 valence electrons. The molecule has 1 aromatic rings. The molecule has 1 saturated heterocycles. The molecule has 0 saturated carbocycles. The van der Waals surface area contributed by atoms with Crippen molar-refractivity contribution in [2.24, 2.45) is 5.92 Å². The number of rotatable bonds is 3. The van der Waals surface area contributed by atoms with Gasteiger partial charge in [-0.2, -0.15) is 0 Å². The van der Waals surface area contributed by atoms with Crippen molar-refractivity contribution in [2.75, 3.05) is 12.3 Å². The topological polar surface area (TPSA) is 83.6 Å². The van der Waals surface area contributed by atoms with Crippen LogP contribution in [0.2, 0.25) is 0 Å². The van der Waals surface area contributed by atoms with Crippen molar-refractivity contribution >= 4 is 23.6 Å². The van der Waals surface area contributed by atoms with E-state index < -0.39 is 11.9 Å². The Hall–Kier alpha value is -2.30. The van der Waals surface area contributed by atoms with Crippen LogP contribution in [-0.2, 0) is 9.59 Å². The highest BCUT2D eigenvalue weighted by Crippen LogP contribution is 2.24. The summed E-state index contributed by atoms with van der Waals surface area (Å²) in [4.78, 5) is 24.7. The van der Waals surface area contributed by atoms with Crippen LogP contribution in [0, 0.1) is 5.92 Å². The highest BCUT2D eigenvalue weighted by molar-refractivity contribution is 5.92. The molecule has 5 heteroatoms. The van der Waals surface area contributed by atoms with Crippen LogP contribution < -0.4 is 5.73 Å². The van der Waals surface area contributed by atoms with Gasteiger partial charge in [0.15, 0.2) is 0 Å². The first-order valence-corrected chi connectivity index (χ1v) is 6.56. The minimum absolute atomic E-state index is 0.163. The average Bonchev–Trinajstić information content (AvgIpc) is 2.78. The molecule has 0 aliphatic carbocycles. The molecular formula is C15H18N2O3. The van der Waals surface area contributed by atoms with Crippen LogP contribution in [0.1, 0.15) is 18.9 Å². The Bertz CT molecular complexity index is 554. The van der Waals surface area contributed by atoms with E-state index in [-0.39, 0.29) is 11.9 Å². The third-order valence-electron chi connectivity index (χ3n) is 3.68. The lowest BCUT2D eigenvalue weighted by Gasteiger charge is -2.21. The Morgan fingerprint density at radius 3 is 2.80 bits per heavy atom. The van der Waals surface area contributed by atoms with E-state index in [1.807, 2.05) is 12.1 Å². The summed E-state index contributed by atoms with van der Waals surface area (Å²) >= 11 is 0. The fourth-order valence-corrected chi connectivity index (χ4v) is 2.51. The number of nitrogens with two attached hydrogens (primary N) is 1. The van der Waals surface area contributed by atoms with Gasteiger partial charge in [0.2, 0.25) is 5.91 Å². The first-order chi connectivity index (χ1) is 9.49. The van der Waals surface area contributed by atoms with Gasteiger partial charge in [0.25, 0.3) is 0 Å². The number of hydrogen-bond acceptors (Lipinski definition) is 3. The number of carboxylic acid groups (broad SMARTS) is 1. The molecule has 0 spiro atoms. The number of nitrogens with zero attached hydrogens (tertiary/aromatic N) is 1. The summed E-state index contributed by atoms with van der Waals surface area (Å²) in [5.74, 6) is -1.48. The van der Waals surface area contributed by atoms with Crippen LogP contribution in [0.4, 0.5) is 5.69 Å². The molecule has 2 unspecified atom stereocenters. The van der Waals surface area contributed by atoms with Crippen LogP contribution in [0.5, 0.6) is 0 Å². The van der Waals surface area contributed by atoms with Crippen LogP contribution in [0.25, 0.3) is 6.08 Å². The Morgan fingerprint density at radius 2 is 2.20 bits per heavy atom. The number of carboxylic acids is 1. The molecule has 5 nitrogen and oxygen atoms in total. The second-order valence-electron chi connectivity index (χ2n) is 5.01. The summed E-state index contributed by atoms with van der Waals surface area (Å²) in [7, 11) is 0.